The van der Waals surface area contributed by atoms with Crippen LogP contribution in [0.5, 0.6) is 0 Å². The highest BCUT2D eigenvalue weighted by Gasteiger charge is 2.14. The van der Waals surface area contributed by atoms with Gasteiger partial charge in [0.2, 0.25) is 0 Å². The van der Waals surface area contributed by atoms with Gasteiger partial charge in [-0.05, 0) is 38.1 Å². The number of aromatic nitrogens is 2. The molecule has 2 aromatic rings. The van der Waals surface area contributed by atoms with Crippen LogP contribution in [0.4, 0.5) is 0 Å². The summed E-state index contributed by atoms with van der Waals surface area (Å²) in [7, 11) is 0. The van der Waals surface area contributed by atoms with Gasteiger partial charge >= 0.3 is 5.97 Å². The first-order valence-electron chi connectivity index (χ1n) is 5.61. The number of aryl methyl sites for hydroxylation is 1. The fourth-order valence-corrected chi connectivity index (χ4v) is 1.83. The van der Waals surface area contributed by atoms with Gasteiger partial charge in [0.1, 0.15) is 0 Å². The summed E-state index contributed by atoms with van der Waals surface area (Å²) < 4.78 is 6.58. The molecule has 0 fully saturated rings. The van der Waals surface area contributed by atoms with E-state index in [0.29, 0.717) is 17.3 Å². The molecule has 0 aliphatic rings. The van der Waals surface area contributed by atoms with Gasteiger partial charge in [0.25, 0.3) is 0 Å². The molecule has 0 bridgehead atoms. The van der Waals surface area contributed by atoms with Crippen LogP contribution in [0.3, 0.4) is 0 Å². The second-order valence-electron chi connectivity index (χ2n) is 3.78. The molecule has 0 N–H and O–H groups in total. The van der Waals surface area contributed by atoms with Crippen molar-refractivity contribution >= 4 is 17.6 Å². The lowest BCUT2D eigenvalue weighted by molar-refractivity contribution is 0.0519. The van der Waals surface area contributed by atoms with E-state index in [0.717, 1.165) is 11.4 Å². The van der Waals surface area contributed by atoms with Crippen molar-refractivity contribution in [3.63, 3.8) is 0 Å². The number of carbonyl (C=O) groups is 1. The topological polar surface area (TPSA) is 44.1 Å². The van der Waals surface area contributed by atoms with Crippen molar-refractivity contribution in [1.82, 2.24) is 9.78 Å². The fraction of sp³-hybridized carbons (Fsp3) is 0.231. The molecule has 0 unspecified atom stereocenters. The number of ether oxygens (including phenoxy) is 1. The molecule has 0 aliphatic heterocycles. The highest BCUT2D eigenvalue weighted by Crippen LogP contribution is 2.17. The van der Waals surface area contributed by atoms with Gasteiger partial charge in [0.05, 0.1) is 12.3 Å². The molecule has 0 saturated heterocycles. The number of esters is 1. The molecule has 18 heavy (non-hydrogen) atoms. The van der Waals surface area contributed by atoms with E-state index in [1.165, 1.54) is 0 Å². The van der Waals surface area contributed by atoms with Crippen molar-refractivity contribution in [2.45, 2.75) is 13.8 Å². The first kappa shape index (κ1) is 12.6. The van der Waals surface area contributed by atoms with Crippen LogP contribution in [0.15, 0.2) is 30.3 Å². The van der Waals surface area contributed by atoms with Crippen LogP contribution in [0.1, 0.15) is 23.1 Å². The molecule has 0 atom stereocenters. The van der Waals surface area contributed by atoms with E-state index >= 15 is 0 Å². The van der Waals surface area contributed by atoms with Crippen LogP contribution < -0.4 is 0 Å². The second-order valence-corrected chi connectivity index (χ2v) is 4.22. The summed E-state index contributed by atoms with van der Waals surface area (Å²) >= 11 is 5.93. The Morgan fingerprint density at radius 2 is 2.22 bits per heavy atom. The Balaban J connectivity index is 2.38. The third kappa shape index (κ3) is 2.54. The van der Waals surface area contributed by atoms with E-state index in [4.69, 9.17) is 16.3 Å². The largest absolute Gasteiger partial charge is 0.461 e. The van der Waals surface area contributed by atoms with Gasteiger partial charge in [-0.1, -0.05) is 17.7 Å². The Bertz CT molecular complexity index is 578. The van der Waals surface area contributed by atoms with Gasteiger partial charge in [-0.15, -0.1) is 0 Å². The lowest BCUT2D eigenvalue weighted by Gasteiger charge is -2.04. The number of nitrogens with zero attached hydrogens (tertiary/aromatic N) is 2. The number of hydrogen-bond acceptors (Lipinski definition) is 3. The summed E-state index contributed by atoms with van der Waals surface area (Å²) in [5.41, 5.74) is 1.96. The summed E-state index contributed by atoms with van der Waals surface area (Å²) in [4.78, 5) is 11.6. The van der Waals surface area contributed by atoms with Gasteiger partial charge in [-0.3, -0.25) is 0 Å². The van der Waals surface area contributed by atoms with Crippen molar-refractivity contribution in [3.8, 4) is 5.69 Å². The van der Waals surface area contributed by atoms with E-state index in [2.05, 4.69) is 5.10 Å². The molecular weight excluding hydrogens is 252 g/mol. The molecule has 1 aromatic heterocycles. The molecule has 94 valence electrons. The van der Waals surface area contributed by atoms with Crippen LogP contribution in [0.25, 0.3) is 5.69 Å². The summed E-state index contributed by atoms with van der Waals surface area (Å²) in [6.45, 7) is 3.97. The zero-order valence-electron chi connectivity index (χ0n) is 10.2. The van der Waals surface area contributed by atoms with Crippen LogP contribution in [0.2, 0.25) is 5.02 Å². The average Bonchev–Trinajstić information content (AvgIpc) is 2.72. The van der Waals surface area contributed by atoms with E-state index in [-0.39, 0.29) is 0 Å². The predicted octanol–water partition coefficient (Wildman–Crippen LogP) is 3.01. The first-order chi connectivity index (χ1) is 8.61. The molecule has 0 aliphatic carbocycles. The summed E-state index contributed by atoms with van der Waals surface area (Å²) in [6, 6.07) is 8.98. The molecule has 2 rings (SSSR count). The maximum absolute atomic E-state index is 11.6. The summed E-state index contributed by atoms with van der Waals surface area (Å²) in [5.74, 6) is -0.415. The Morgan fingerprint density at radius 3 is 2.89 bits per heavy atom. The predicted molar refractivity (Wildman–Crippen MR) is 69.3 cm³/mol. The van der Waals surface area contributed by atoms with Crippen molar-refractivity contribution in [2.75, 3.05) is 6.61 Å². The summed E-state index contributed by atoms with van der Waals surface area (Å²) in [5, 5.41) is 4.85. The lowest BCUT2D eigenvalue weighted by atomic mass is 10.3. The van der Waals surface area contributed by atoms with Gasteiger partial charge in [0.15, 0.2) is 5.69 Å². The quantitative estimate of drug-likeness (QED) is 0.801. The van der Waals surface area contributed by atoms with Crippen LogP contribution >= 0.6 is 11.6 Å². The standard InChI is InChI=1S/C13H13ClN2O2/c1-3-18-13(17)12-7-9(2)16(15-12)11-6-4-5-10(14)8-11/h4-8H,3H2,1-2H3. The number of carbonyl (C=O) groups excluding carboxylic acids is 1. The maximum Gasteiger partial charge on any atom is 0.358 e. The minimum Gasteiger partial charge on any atom is -0.461 e. The van der Waals surface area contributed by atoms with Crippen LogP contribution in [-0.2, 0) is 4.74 Å². The maximum atomic E-state index is 11.6. The minimum atomic E-state index is -0.415. The monoisotopic (exact) mass is 264 g/mol. The number of hydrogen-bond donors (Lipinski definition) is 0. The highest BCUT2D eigenvalue weighted by atomic mass is 35.5. The third-order valence-corrected chi connectivity index (χ3v) is 2.66. The third-order valence-electron chi connectivity index (χ3n) is 2.42. The molecule has 1 aromatic carbocycles. The smallest absolute Gasteiger partial charge is 0.358 e. The molecule has 0 radical (unpaired) electrons. The van der Waals surface area contributed by atoms with E-state index in [9.17, 15) is 4.79 Å². The van der Waals surface area contributed by atoms with Gasteiger partial charge < -0.3 is 4.74 Å². The molecular formula is C13H13ClN2O2. The zero-order chi connectivity index (χ0) is 13.1. The average molecular weight is 265 g/mol. The lowest BCUT2D eigenvalue weighted by Crippen LogP contribution is -2.06. The van der Waals surface area contributed by atoms with Crippen LogP contribution in [0, 0.1) is 6.92 Å². The molecule has 5 heteroatoms. The minimum absolute atomic E-state index is 0.300. The van der Waals surface area contributed by atoms with E-state index in [1.807, 2.05) is 19.1 Å². The molecule has 0 spiro atoms. The molecule has 0 amide bonds. The van der Waals surface area contributed by atoms with E-state index in [1.54, 1.807) is 29.8 Å². The SMILES string of the molecule is CCOC(=O)c1cc(C)n(-c2cccc(Cl)c2)n1. The van der Waals surface area contributed by atoms with Gasteiger partial charge in [0, 0.05) is 10.7 Å². The van der Waals surface area contributed by atoms with Gasteiger partial charge in [-0.25, -0.2) is 9.48 Å². The van der Waals surface area contributed by atoms with Crippen molar-refractivity contribution in [2.24, 2.45) is 0 Å². The Morgan fingerprint density at radius 1 is 1.44 bits per heavy atom. The first-order valence-corrected chi connectivity index (χ1v) is 5.99. The van der Waals surface area contributed by atoms with Crippen molar-refractivity contribution < 1.29 is 9.53 Å². The molecule has 1 heterocycles. The zero-order valence-corrected chi connectivity index (χ0v) is 10.9. The Hall–Kier alpha value is -1.81. The fourth-order valence-electron chi connectivity index (χ4n) is 1.65. The van der Waals surface area contributed by atoms with E-state index < -0.39 is 5.97 Å². The molecule has 4 nitrogen and oxygen atoms in total. The Kier molecular flexibility index (Phi) is 3.67. The second kappa shape index (κ2) is 5.23. The van der Waals surface area contributed by atoms with Crippen LogP contribution in [-0.4, -0.2) is 22.4 Å². The number of rotatable bonds is 3. The molecule has 0 saturated carbocycles. The normalized spacial score (nSPS) is 10.4. The summed E-state index contributed by atoms with van der Waals surface area (Å²) in [6.07, 6.45) is 0. The number of halogens is 1. The van der Waals surface area contributed by atoms with Crippen molar-refractivity contribution in [3.05, 3.63) is 46.7 Å². The van der Waals surface area contributed by atoms with Crippen molar-refractivity contribution in [1.29, 1.82) is 0 Å². The highest BCUT2D eigenvalue weighted by molar-refractivity contribution is 6.30. The number of benzene rings is 1. The van der Waals surface area contributed by atoms with Gasteiger partial charge in [-0.2, -0.15) is 5.10 Å². The Labute approximate surface area is 110 Å².